The number of hydrogen-bond acceptors (Lipinski definition) is 1. The summed E-state index contributed by atoms with van der Waals surface area (Å²) >= 11 is 0. The topological polar surface area (TPSA) is 37.3 Å². The maximum atomic E-state index is 10.3. The van der Waals surface area contributed by atoms with Gasteiger partial charge in [0.25, 0.3) is 0 Å². The van der Waals surface area contributed by atoms with Crippen LogP contribution in [0, 0.1) is 5.92 Å². The molecule has 0 amide bonds. The van der Waals surface area contributed by atoms with Crippen LogP contribution < -0.4 is 0 Å². The van der Waals surface area contributed by atoms with Gasteiger partial charge in [-0.2, -0.15) is 0 Å². The van der Waals surface area contributed by atoms with Crippen molar-refractivity contribution in [3.63, 3.8) is 0 Å². The van der Waals surface area contributed by atoms with E-state index in [-0.39, 0.29) is 0 Å². The zero-order valence-electron chi connectivity index (χ0n) is 11.5. The Morgan fingerprint density at radius 2 is 1.76 bits per heavy atom. The van der Waals surface area contributed by atoms with Crippen molar-refractivity contribution in [3.05, 3.63) is 12.2 Å². The number of carboxylic acids is 1. The Kier molecular flexibility index (Phi) is 11.1. The lowest BCUT2D eigenvalue weighted by atomic mass is 10.0. The summed E-state index contributed by atoms with van der Waals surface area (Å²) in [7, 11) is 0. The largest absolute Gasteiger partial charge is 0.481 e. The minimum Gasteiger partial charge on any atom is -0.481 e. The molecule has 0 aromatic carbocycles. The predicted molar refractivity (Wildman–Crippen MR) is 73.2 cm³/mol. The van der Waals surface area contributed by atoms with Gasteiger partial charge in [0.1, 0.15) is 0 Å². The second-order valence-corrected chi connectivity index (χ2v) is 4.91. The van der Waals surface area contributed by atoms with E-state index in [9.17, 15) is 4.79 Å². The first kappa shape index (κ1) is 16.2. The lowest BCUT2D eigenvalue weighted by Crippen LogP contribution is -1.93. The van der Waals surface area contributed by atoms with Crippen molar-refractivity contribution in [1.82, 2.24) is 0 Å². The standard InChI is InChI=1S/C15H28O2/c1-3-14(2)12-10-8-6-4-5-7-9-11-13-15(16)17/h4,6,14H,3,5,7-13H2,1-2H3,(H,16,17)/b6-4+. The minimum absolute atomic E-state index is 0.318. The molecule has 2 heteroatoms. The second kappa shape index (κ2) is 11.7. The van der Waals surface area contributed by atoms with Crippen LogP contribution >= 0.6 is 0 Å². The number of aliphatic carboxylic acids is 1. The molecule has 1 atom stereocenters. The molecule has 0 heterocycles. The third kappa shape index (κ3) is 13.1. The molecule has 1 unspecified atom stereocenters. The SMILES string of the molecule is CCC(C)CCC/C=C/CCCCCC(=O)O. The Balaban J connectivity index is 3.17. The molecule has 17 heavy (non-hydrogen) atoms. The third-order valence-electron chi connectivity index (χ3n) is 3.19. The van der Waals surface area contributed by atoms with Crippen molar-refractivity contribution >= 4 is 5.97 Å². The van der Waals surface area contributed by atoms with E-state index in [1.807, 2.05) is 0 Å². The number of hydrogen-bond donors (Lipinski definition) is 1. The quantitative estimate of drug-likeness (QED) is 0.416. The van der Waals surface area contributed by atoms with Gasteiger partial charge in [-0.05, 0) is 38.0 Å². The molecule has 0 aliphatic heterocycles. The molecule has 0 saturated heterocycles. The van der Waals surface area contributed by atoms with Crippen LogP contribution in [0.4, 0.5) is 0 Å². The van der Waals surface area contributed by atoms with Gasteiger partial charge in [0.2, 0.25) is 0 Å². The summed E-state index contributed by atoms with van der Waals surface area (Å²) in [5.41, 5.74) is 0. The molecule has 0 saturated carbocycles. The van der Waals surface area contributed by atoms with Crippen molar-refractivity contribution in [2.24, 2.45) is 5.92 Å². The fourth-order valence-electron chi connectivity index (χ4n) is 1.74. The molecular weight excluding hydrogens is 212 g/mol. The summed E-state index contributed by atoms with van der Waals surface area (Å²) in [6.45, 7) is 4.56. The van der Waals surface area contributed by atoms with Crippen LogP contribution in [-0.4, -0.2) is 11.1 Å². The molecule has 1 N–H and O–H groups in total. The van der Waals surface area contributed by atoms with E-state index in [0.717, 1.165) is 31.6 Å². The Bertz CT molecular complexity index is 209. The van der Waals surface area contributed by atoms with Crippen LogP contribution in [0.2, 0.25) is 0 Å². The van der Waals surface area contributed by atoms with Gasteiger partial charge in [-0.25, -0.2) is 0 Å². The monoisotopic (exact) mass is 240 g/mol. The molecule has 0 radical (unpaired) electrons. The van der Waals surface area contributed by atoms with Gasteiger partial charge in [-0.15, -0.1) is 0 Å². The van der Waals surface area contributed by atoms with Crippen LogP contribution in [0.3, 0.4) is 0 Å². The highest BCUT2D eigenvalue weighted by molar-refractivity contribution is 5.66. The number of carbonyl (C=O) groups is 1. The zero-order chi connectivity index (χ0) is 12.9. The fraction of sp³-hybridized carbons (Fsp3) is 0.800. The Morgan fingerprint density at radius 3 is 2.35 bits per heavy atom. The van der Waals surface area contributed by atoms with E-state index in [1.165, 1.54) is 25.7 Å². The highest BCUT2D eigenvalue weighted by atomic mass is 16.4. The fourth-order valence-corrected chi connectivity index (χ4v) is 1.74. The van der Waals surface area contributed by atoms with Gasteiger partial charge >= 0.3 is 5.97 Å². The van der Waals surface area contributed by atoms with Crippen molar-refractivity contribution in [2.75, 3.05) is 0 Å². The summed E-state index contributed by atoms with van der Waals surface area (Å²) in [4.78, 5) is 10.3. The van der Waals surface area contributed by atoms with Crippen LogP contribution in [-0.2, 0) is 4.79 Å². The molecular formula is C15H28O2. The first-order chi connectivity index (χ1) is 8.16. The van der Waals surface area contributed by atoms with Gasteiger partial charge in [-0.1, -0.05) is 45.3 Å². The van der Waals surface area contributed by atoms with Crippen LogP contribution in [0.25, 0.3) is 0 Å². The summed E-state index contributed by atoms with van der Waals surface area (Å²) < 4.78 is 0. The minimum atomic E-state index is -0.675. The smallest absolute Gasteiger partial charge is 0.303 e. The van der Waals surface area contributed by atoms with Crippen molar-refractivity contribution in [3.8, 4) is 0 Å². The number of carboxylic acid groups (broad SMARTS) is 1. The molecule has 0 aromatic rings. The van der Waals surface area contributed by atoms with E-state index in [4.69, 9.17) is 5.11 Å². The van der Waals surface area contributed by atoms with Gasteiger partial charge in [0.05, 0.1) is 0 Å². The summed E-state index contributed by atoms with van der Waals surface area (Å²) in [6, 6.07) is 0. The van der Waals surface area contributed by atoms with Crippen LogP contribution in [0.5, 0.6) is 0 Å². The van der Waals surface area contributed by atoms with Gasteiger partial charge < -0.3 is 5.11 Å². The molecule has 100 valence electrons. The van der Waals surface area contributed by atoms with Crippen molar-refractivity contribution in [1.29, 1.82) is 0 Å². The second-order valence-electron chi connectivity index (χ2n) is 4.91. The van der Waals surface area contributed by atoms with E-state index < -0.39 is 5.97 Å². The summed E-state index contributed by atoms with van der Waals surface area (Å²) in [6.07, 6.45) is 14.0. The first-order valence-electron chi connectivity index (χ1n) is 7.03. The number of rotatable bonds is 11. The number of allylic oxidation sites excluding steroid dienone is 2. The maximum Gasteiger partial charge on any atom is 0.303 e. The zero-order valence-corrected chi connectivity index (χ0v) is 11.5. The van der Waals surface area contributed by atoms with E-state index in [0.29, 0.717) is 6.42 Å². The molecule has 0 spiro atoms. The molecule has 2 nitrogen and oxygen atoms in total. The summed E-state index contributed by atoms with van der Waals surface area (Å²) in [5, 5.41) is 8.46. The Labute approximate surface area is 106 Å². The molecule has 0 bridgehead atoms. The molecule has 0 rings (SSSR count). The molecule has 0 fully saturated rings. The lowest BCUT2D eigenvalue weighted by molar-refractivity contribution is -0.137. The Morgan fingerprint density at radius 1 is 1.12 bits per heavy atom. The predicted octanol–water partition coefficient (Wildman–Crippen LogP) is 4.79. The normalized spacial score (nSPS) is 13.1. The molecule has 0 aromatic heterocycles. The first-order valence-corrected chi connectivity index (χ1v) is 7.03. The van der Waals surface area contributed by atoms with E-state index in [2.05, 4.69) is 26.0 Å². The molecule has 0 aliphatic rings. The van der Waals surface area contributed by atoms with Crippen molar-refractivity contribution in [2.45, 2.75) is 71.6 Å². The van der Waals surface area contributed by atoms with Crippen LogP contribution in [0.15, 0.2) is 12.2 Å². The third-order valence-corrected chi connectivity index (χ3v) is 3.19. The van der Waals surface area contributed by atoms with Gasteiger partial charge in [0, 0.05) is 6.42 Å². The highest BCUT2D eigenvalue weighted by Crippen LogP contribution is 2.11. The average Bonchev–Trinajstić information content (AvgIpc) is 2.30. The van der Waals surface area contributed by atoms with Crippen LogP contribution in [0.1, 0.15) is 71.6 Å². The average molecular weight is 240 g/mol. The maximum absolute atomic E-state index is 10.3. The molecule has 0 aliphatic carbocycles. The summed E-state index contributed by atoms with van der Waals surface area (Å²) in [5.74, 6) is 0.185. The highest BCUT2D eigenvalue weighted by Gasteiger charge is 1.96. The lowest BCUT2D eigenvalue weighted by Gasteiger charge is -2.05. The van der Waals surface area contributed by atoms with Gasteiger partial charge in [0.15, 0.2) is 0 Å². The van der Waals surface area contributed by atoms with E-state index in [1.54, 1.807) is 0 Å². The van der Waals surface area contributed by atoms with E-state index >= 15 is 0 Å². The van der Waals surface area contributed by atoms with Gasteiger partial charge in [-0.3, -0.25) is 4.79 Å². The Hall–Kier alpha value is -0.790. The number of unbranched alkanes of at least 4 members (excludes halogenated alkanes) is 4. The van der Waals surface area contributed by atoms with Crippen molar-refractivity contribution < 1.29 is 9.90 Å².